The number of carboxylic acids is 1. The summed E-state index contributed by atoms with van der Waals surface area (Å²) in [6.45, 7) is 1.96. The minimum atomic E-state index is -0.731. The summed E-state index contributed by atoms with van der Waals surface area (Å²) < 4.78 is 20.1. The predicted molar refractivity (Wildman–Crippen MR) is 126 cm³/mol. The fourth-order valence-corrected chi connectivity index (χ4v) is 4.52. The number of aromatic nitrogens is 4. The molecule has 8 heteroatoms. The number of fused-ring (bicyclic) bond motifs is 1. The SMILES string of the molecule is Cc1cc(-c2ccc(-c3nc4c(F)cccc4[nH]3)cn2)cnc1O[C@H]1CC[C@H](CC(=O)O)CC1. The van der Waals surface area contributed by atoms with Crippen molar-refractivity contribution in [1.82, 2.24) is 19.9 Å². The van der Waals surface area contributed by atoms with Crippen molar-refractivity contribution < 1.29 is 19.0 Å². The van der Waals surface area contributed by atoms with Gasteiger partial charge in [-0.2, -0.15) is 0 Å². The number of aromatic amines is 1. The van der Waals surface area contributed by atoms with Gasteiger partial charge in [0, 0.05) is 35.5 Å². The molecule has 0 atom stereocenters. The molecule has 0 amide bonds. The number of imidazole rings is 1. The summed E-state index contributed by atoms with van der Waals surface area (Å²) in [6.07, 6.45) is 7.16. The van der Waals surface area contributed by atoms with E-state index in [0.29, 0.717) is 22.7 Å². The first kappa shape index (κ1) is 22.0. The molecule has 7 nitrogen and oxygen atoms in total. The first-order valence-corrected chi connectivity index (χ1v) is 11.4. The number of aryl methyl sites for hydroxylation is 1. The second-order valence-corrected chi connectivity index (χ2v) is 8.86. The molecular weight excluding hydrogens is 435 g/mol. The largest absolute Gasteiger partial charge is 0.481 e. The first-order valence-electron chi connectivity index (χ1n) is 11.4. The molecule has 3 aromatic heterocycles. The standard InChI is InChI=1S/C26H25FN4O3/c1-15-11-18(14-29-26(15)34-19-8-5-16(6-9-19)12-23(32)33)21-10-7-17(13-28-21)25-30-22-4-2-3-20(27)24(22)31-25/h2-4,7,10-11,13-14,16,19H,5-6,8-9,12H2,1H3,(H,30,31)(H,32,33)/t16-,19-. The molecule has 1 saturated carbocycles. The van der Waals surface area contributed by atoms with E-state index in [9.17, 15) is 9.18 Å². The smallest absolute Gasteiger partial charge is 0.303 e. The Balaban J connectivity index is 1.27. The third-order valence-electron chi connectivity index (χ3n) is 6.36. The summed E-state index contributed by atoms with van der Waals surface area (Å²) in [6, 6.07) is 10.6. The van der Waals surface area contributed by atoms with Crippen LogP contribution in [0, 0.1) is 18.7 Å². The molecule has 2 N–H and O–H groups in total. The van der Waals surface area contributed by atoms with Gasteiger partial charge in [0.15, 0.2) is 5.82 Å². The highest BCUT2D eigenvalue weighted by atomic mass is 19.1. The number of hydrogen-bond acceptors (Lipinski definition) is 5. The van der Waals surface area contributed by atoms with Crippen LogP contribution in [0.1, 0.15) is 37.7 Å². The van der Waals surface area contributed by atoms with Crippen LogP contribution < -0.4 is 4.74 Å². The average Bonchev–Trinajstić information content (AvgIpc) is 3.27. The number of ether oxygens (including phenoxy) is 1. The third-order valence-corrected chi connectivity index (χ3v) is 6.36. The van der Waals surface area contributed by atoms with Gasteiger partial charge in [0.25, 0.3) is 0 Å². The van der Waals surface area contributed by atoms with Gasteiger partial charge in [0.1, 0.15) is 17.4 Å². The lowest BCUT2D eigenvalue weighted by Gasteiger charge is -2.28. The van der Waals surface area contributed by atoms with E-state index in [1.807, 2.05) is 25.1 Å². The summed E-state index contributed by atoms with van der Waals surface area (Å²) in [5, 5.41) is 8.97. The van der Waals surface area contributed by atoms with Gasteiger partial charge in [-0.05, 0) is 68.9 Å². The van der Waals surface area contributed by atoms with Gasteiger partial charge < -0.3 is 14.8 Å². The van der Waals surface area contributed by atoms with Crippen molar-refractivity contribution in [1.29, 1.82) is 0 Å². The van der Waals surface area contributed by atoms with E-state index in [0.717, 1.165) is 48.1 Å². The van der Waals surface area contributed by atoms with Crippen LogP contribution in [0.15, 0.2) is 48.8 Å². The number of nitrogens with zero attached hydrogens (tertiary/aromatic N) is 3. The number of hydrogen-bond donors (Lipinski definition) is 2. The van der Waals surface area contributed by atoms with Gasteiger partial charge in [0.2, 0.25) is 5.88 Å². The molecule has 1 aliphatic carbocycles. The van der Waals surface area contributed by atoms with Gasteiger partial charge >= 0.3 is 5.97 Å². The maximum Gasteiger partial charge on any atom is 0.303 e. The maximum absolute atomic E-state index is 13.9. The lowest BCUT2D eigenvalue weighted by Crippen LogP contribution is -2.25. The zero-order valence-electron chi connectivity index (χ0n) is 18.8. The van der Waals surface area contributed by atoms with Crippen molar-refractivity contribution in [2.75, 3.05) is 0 Å². The summed E-state index contributed by atoms with van der Waals surface area (Å²) in [7, 11) is 0. The average molecular weight is 461 g/mol. The molecule has 1 fully saturated rings. The molecule has 3 heterocycles. The van der Waals surface area contributed by atoms with E-state index in [1.165, 1.54) is 6.07 Å². The van der Waals surface area contributed by atoms with Crippen LogP contribution in [0.25, 0.3) is 33.7 Å². The molecule has 0 saturated heterocycles. The molecule has 0 bridgehead atoms. The zero-order valence-corrected chi connectivity index (χ0v) is 18.8. The lowest BCUT2D eigenvalue weighted by atomic mass is 9.85. The van der Waals surface area contributed by atoms with Gasteiger partial charge in [-0.15, -0.1) is 0 Å². The van der Waals surface area contributed by atoms with E-state index in [1.54, 1.807) is 24.5 Å². The number of carboxylic acid groups (broad SMARTS) is 1. The fourth-order valence-electron chi connectivity index (χ4n) is 4.52. The van der Waals surface area contributed by atoms with Crippen LogP contribution in [0.5, 0.6) is 5.88 Å². The fraction of sp³-hybridized carbons (Fsp3) is 0.308. The molecule has 0 radical (unpaired) electrons. The van der Waals surface area contributed by atoms with Crippen LogP contribution in [0.3, 0.4) is 0 Å². The highest BCUT2D eigenvalue weighted by molar-refractivity contribution is 5.80. The van der Waals surface area contributed by atoms with Crippen LogP contribution in [-0.4, -0.2) is 37.1 Å². The van der Waals surface area contributed by atoms with Crippen molar-refractivity contribution in [3.05, 3.63) is 60.2 Å². The number of nitrogens with one attached hydrogen (secondary N) is 1. The van der Waals surface area contributed by atoms with Crippen molar-refractivity contribution in [2.45, 2.75) is 45.1 Å². The molecule has 0 unspecified atom stereocenters. The third kappa shape index (κ3) is 4.62. The molecular formula is C26H25FN4O3. The van der Waals surface area contributed by atoms with Crippen molar-refractivity contribution >= 4 is 17.0 Å². The number of pyridine rings is 2. The maximum atomic E-state index is 13.9. The van der Waals surface area contributed by atoms with E-state index in [-0.39, 0.29) is 24.3 Å². The van der Waals surface area contributed by atoms with Crippen LogP contribution in [0.2, 0.25) is 0 Å². The summed E-state index contributed by atoms with van der Waals surface area (Å²) in [5.74, 6) is 0.315. The molecule has 5 rings (SSSR count). The Hall–Kier alpha value is -3.81. The van der Waals surface area contributed by atoms with Crippen LogP contribution >= 0.6 is 0 Å². The number of aliphatic carboxylic acids is 1. The molecule has 1 aliphatic rings. The van der Waals surface area contributed by atoms with E-state index in [2.05, 4.69) is 19.9 Å². The summed E-state index contributed by atoms with van der Waals surface area (Å²) in [4.78, 5) is 27.5. The Morgan fingerprint density at radius 2 is 1.91 bits per heavy atom. The van der Waals surface area contributed by atoms with Crippen molar-refractivity contribution in [3.8, 4) is 28.5 Å². The number of H-pyrrole nitrogens is 1. The lowest BCUT2D eigenvalue weighted by molar-refractivity contribution is -0.138. The molecule has 34 heavy (non-hydrogen) atoms. The molecule has 4 aromatic rings. The highest BCUT2D eigenvalue weighted by Gasteiger charge is 2.24. The van der Waals surface area contributed by atoms with Gasteiger partial charge in [-0.25, -0.2) is 14.4 Å². The number of carbonyl (C=O) groups is 1. The van der Waals surface area contributed by atoms with Gasteiger partial charge in [-0.3, -0.25) is 9.78 Å². The molecule has 1 aromatic carbocycles. The number of benzene rings is 1. The van der Waals surface area contributed by atoms with E-state index in [4.69, 9.17) is 9.84 Å². The second-order valence-electron chi connectivity index (χ2n) is 8.86. The zero-order chi connectivity index (χ0) is 23.7. The van der Waals surface area contributed by atoms with Gasteiger partial charge in [0.05, 0.1) is 11.2 Å². The molecule has 0 spiro atoms. The number of para-hydroxylation sites is 1. The molecule has 174 valence electrons. The topological polar surface area (TPSA) is 101 Å². The Labute approximate surface area is 196 Å². The number of rotatable bonds is 6. The summed E-state index contributed by atoms with van der Waals surface area (Å²) >= 11 is 0. The van der Waals surface area contributed by atoms with Gasteiger partial charge in [-0.1, -0.05) is 6.07 Å². The Morgan fingerprint density at radius 3 is 2.59 bits per heavy atom. The second kappa shape index (κ2) is 9.21. The first-order chi connectivity index (χ1) is 16.5. The minimum Gasteiger partial charge on any atom is -0.481 e. The van der Waals surface area contributed by atoms with Crippen molar-refractivity contribution in [2.24, 2.45) is 5.92 Å². The quantitative estimate of drug-likeness (QED) is 0.391. The minimum absolute atomic E-state index is 0.0631. The Kier molecular flexibility index (Phi) is 5.96. The van der Waals surface area contributed by atoms with E-state index >= 15 is 0 Å². The normalized spacial score (nSPS) is 18.2. The number of halogens is 1. The van der Waals surface area contributed by atoms with E-state index < -0.39 is 5.97 Å². The van der Waals surface area contributed by atoms with Crippen LogP contribution in [0.4, 0.5) is 4.39 Å². The monoisotopic (exact) mass is 460 g/mol. The van der Waals surface area contributed by atoms with Crippen LogP contribution in [-0.2, 0) is 4.79 Å². The molecule has 0 aliphatic heterocycles. The predicted octanol–water partition coefficient (Wildman–Crippen LogP) is 5.55. The summed E-state index contributed by atoms with van der Waals surface area (Å²) in [5.41, 5.74) is 4.28. The highest BCUT2D eigenvalue weighted by Crippen LogP contribution is 2.31. The Bertz CT molecular complexity index is 1330. The Morgan fingerprint density at radius 1 is 1.12 bits per heavy atom. The van der Waals surface area contributed by atoms with Crippen molar-refractivity contribution in [3.63, 3.8) is 0 Å².